The number of hydrogen-bond acceptors (Lipinski definition) is 4. The minimum atomic E-state index is 0.0639. The van der Waals surface area contributed by atoms with Gasteiger partial charge >= 0.3 is 0 Å². The van der Waals surface area contributed by atoms with Crippen molar-refractivity contribution in [3.8, 4) is 5.75 Å². The van der Waals surface area contributed by atoms with E-state index in [2.05, 4.69) is 21.9 Å². The normalized spacial score (nSPS) is 38.2. The lowest BCUT2D eigenvalue weighted by Gasteiger charge is -2.66. The first kappa shape index (κ1) is 20.0. The molecule has 0 aromatic heterocycles. The fourth-order valence-electron chi connectivity index (χ4n) is 9.51. The molecule has 0 radical (unpaired) electrons. The number of nitrogens with two attached hydrogens (primary N) is 1. The highest BCUT2D eigenvalue weighted by Crippen LogP contribution is 2.75. The van der Waals surface area contributed by atoms with Crippen molar-refractivity contribution in [2.75, 3.05) is 26.2 Å². The Morgan fingerprint density at radius 3 is 2.82 bits per heavy atom. The summed E-state index contributed by atoms with van der Waals surface area (Å²) in [6.45, 7) is 3.62. The van der Waals surface area contributed by atoms with Gasteiger partial charge < -0.3 is 15.7 Å². The maximum Gasteiger partial charge on any atom is 0.254 e. The standard InChI is InChI=1S/C28H33N3O2/c29-11-13-30-12-10-28-22-15-21(32)7-6-19(22)14-24(30)27(28)9-8-23-25(28)20(16-27)17-31(23)26(33)18-4-2-1-3-5-18/h1-7,15,20,23-25,32H,8-14,16-17,29H2/t20-,23?,24?,25?,27?,28?/m1/s1. The summed E-state index contributed by atoms with van der Waals surface area (Å²) in [4.78, 5) is 18.5. The number of likely N-dealkylation sites (tertiary alicyclic amines) is 2. The van der Waals surface area contributed by atoms with Crippen LogP contribution < -0.4 is 5.73 Å². The van der Waals surface area contributed by atoms with Crippen molar-refractivity contribution in [2.24, 2.45) is 23.0 Å². The Kier molecular flexibility index (Phi) is 4.15. The van der Waals surface area contributed by atoms with Gasteiger partial charge in [-0.2, -0.15) is 0 Å². The average molecular weight is 444 g/mol. The molecule has 7 rings (SSSR count). The molecule has 5 unspecified atom stereocenters. The number of amides is 1. The highest BCUT2D eigenvalue weighted by atomic mass is 16.3. The predicted octanol–water partition coefficient (Wildman–Crippen LogP) is 3.16. The van der Waals surface area contributed by atoms with Gasteiger partial charge in [-0.3, -0.25) is 9.69 Å². The molecule has 2 aromatic rings. The zero-order valence-corrected chi connectivity index (χ0v) is 19.1. The van der Waals surface area contributed by atoms with Gasteiger partial charge in [-0.15, -0.1) is 0 Å². The predicted molar refractivity (Wildman–Crippen MR) is 127 cm³/mol. The first-order valence-corrected chi connectivity index (χ1v) is 12.7. The van der Waals surface area contributed by atoms with E-state index in [0.717, 1.165) is 44.5 Å². The van der Waals surface area contributed by atoms with E-state index in [4.69, 9.17) is 5.73 Å². The molecule has 33 heavy (non-hydrogen) atoms. The van der Waals surface area contributed by atoms with Crippen LogP contribution in [0.1, 0.15) is 47.2 Å². The van der Waals surface area contributed by atoms with Crippen LogP contribution in [0.25, 0.3) is 0 Å². The van der Waals surface area contributed by atoms with E-state index < -0.39 is 0 Å². The summed E-state index contributed by atoms with van der Waals surface area (Å²) in [6.07, 6.45) is 5.65. The molecule has 3 N–H and O–H groups in total. The summed E-state index contributed by atoms with van der Waals surface area (Å²) < 4.78 is 0. The van der Waals surface area contributed by atoms with E-state index in [0.29, 0.717) is 36.2 Å². The van der Waals surface area contributed by atoms with Gasteiger partial charge in [0.25, 0.3) is 5.91 Å². The van der Waals surface area contributed by atoms with E-state index in [-0.39, 0.29) is 16.7 Å². The number of hydrogen-bond donors (Lipinski definition) is 2. The number of benzene rings is 2. The first-order chi connectivity index (χ1) is 16.1. The molecule has 5 nitrogen and oxygen atoms in total. The Hall–Kier alpha value is -2.37. The summed E-state index contributed by atoms with van der Waals surface area (Å²) in [7, 11) is 0. The lowest BCUT2D eigenvalue weighted by atomic mass is 9.43. The fourth-order valence-corrected chi connectivity index (χ4v) is 9.51. The van der Waals surface area contributed by atoms with Crippen molar-refractivity contribution in [2.45, 2.75) is 49.6 Å². The molecule has 4 fully saturated rings. The molecule has 172 valence electrons. The molecule has 0 spiro atoms. The Labute approximate surface area is 195 Å². The molecule has 3 aliphatic carbocycles. The molecule has 5 aliphatic rings. The molecule has 5 heteroatoms. The number of nitrogens with zero attached hydrogens (tertiary/aromatic N) is 2. The van der Waals surface area contributed by atoms with Crippen molar-refractivity contribution >= 4 is 5.91 Å². The van der Waals surface area contributed by atoms with Gasteiger partial charge in [0.05, 0.1) is 0 Å². The van der Waals surface area contributed by atoms with Crippen molar-refractivity contribution < 1.29 is 9.90 Å². The van der Waals surface area contributed by atoms with Crippen LogP contribution in [0.2, 0.25) is 0 Å². The number of piperidine rings is 1. The van der Waals surface area contributed by atoms with E-state index >= 15 is 0 Å². The van der Waals surface area contributed by atoms with Crippen LogP contribution in [0.4, 0.5) is 0 Å². The number of rotatable bonds is 3. The molecule has 2 aliphatic heterocycles. The summed E-state index contributed by atoms with van der Waals surface area (Å²) in [6, 6.07) is 16.8. The van der Waals surface area contributed by atoms with Crippen LogP contribution in [-0.2, 0) is 11.8 Å². The van der Waals surface area contributed by atoms with Crippen LogP contribution in [0.15, 0.2) is 48.5 Å². The van der Waals surface area contributed by atoms with Crippen LogP contribution in [-0.4, -0.2) is 59.1 Å². The van der Waals surface area contributed by atoms with Crippen molar-refractivity contribution in [1.82, 2.24) is 9.80 Å². The van der Waals surface area contributed by atoms with E-state index in [1.165, 1.54) is 24.0 Å². The zero-order valence-electron chi connectivity index (χ0n) is 19.1. The molecule has 6 atom stereocenters. The third-order valence-electron chi connectivity index (χ3n) is 10.3. The number of carbonyl (C=O) groups excluding carboxylic acids is 1. The number of fused-ring (bicyclic) bond motifs is 1. The Balaban J connectivity index is 1.36. The second-order valence-electron chi connectivity index (χ2n) is 11.2. The quantitative estimate of drug-likeness (QED) is 0.765. The molecule has 2 aromatic carbocycles. The Morgan fingerprint density at radius 2 is 2.00 bits per heavy atom. The number of aromatic hydroxyl groups is 1. The van der Waals surface area contributed by atoms with Gasteiger partial charge in [0.2, 0.25) is 0 Å². The monoisotopic (exact) mass is 443 g/mol. The molecule has 1 amide bonds. The first-order valence-electron chi connectivity index (χ1n) is 12.7. The number of carbonyl (C=O) groups is 1. The molecule has 2 heterocycles. The van der Waals surface area contributed by atoms with Gasteiger partial charge in [0.1, 0.15) is 5.75 Å². The minimum absolute atomic E-state index is 0.0639. The average Bonchev–Trinajstić information content (AvgIpc) is 3.28. The highest BCUT2D eigenvalue weighted by Gasteiger charge is 2.76. The van der Waals surface area contributed by atoms with Crippen molar-refractivity contribution in [3.05, 3.63) is 65.2 Å². The maximum atomic E-state index is 13.6. The van der Waals surface area contributed by atoms with Gasteiger partial charge in [0, 0.05) is 42.7 Å². The van der Waals surface area contributed by atoms with Crippen LogP contribution >= 0.6 is 0 Å². The lowest BCUT2D eigenvalue weighted by molar-refractivity contribution is -0.0997. The maximum absolute atomic E-state index is 13.6. The van der Waals surface area contributed by atoms with Crippen molar-refractivity contribution in [1.29, 1.82) is 0 Å². The topological polar surface area (TPSA) is 69.8 Å². The van der Waals surface area contributed by atoms with Gasteiger partial charge in [-0.1, -0.05) is 24.3 Å². The summed E-state index contributed by atoms with van der Waals surface area (Å²) in [5.41, 5.74) is 9.98. The summed E-state index contributed by atoms with van der Waals surface area (Å²) >= 11 is 0. The second kappa shape index (κ2) is 6.83. The van der Waals surface area contributed by atoms with E-state index in [1.54, 1.807) is 0 Å². The molecule has 2 saturated heterocycles. The largest absolute Gasteiger partial charge is 0.508 e. The zero-order chi connectivity index (χ0) is 22.4. The van der Waals surface area contributed by atoms with Crippen LogP contribution in [0, 0.1) is 17.3 Å². The minimum Gasteiger partial charge on any atom is -0.508 e. The number of phenolic OH excluding ortho intramolecular Hbond substituents is 1. The highest BCUT2D eigenvalue weighted by molar-refractivity contribution is 5.94. The van der Waals surface area contributed by atoms with Crippen LogP contribution in [0.3, 0.4) is 0 Å². The Morgan fingerprint density at radius 1 is 1.15 bits per heavy atom. The molecule has 2 saturated carbocycles. The molecule has 4 bridgehead atoms. The van der Waals surface area contributed by atoms with Gasteiger partial charge in [0.15, 0.2) is 0 Å². The molecular weight excluding hydrogens is 410 g/mol. The third kappa shape index (κ3) is 2.37. The van der Waals surface area contributed by atoms with E-state index in [9.17, 15) is 9.90 Å². The summed E-state index contributed by atoms with van der Waals surface area (Å²) in [5, 5.41) is 10.5. The Bertz CT molecular complexity index is 1120. The van der Waals surface area contributed by atoms with E-state index in [1.807, 2.05) is 36.4 Å². The summed E-state index contributed by atoms with van der Waals surface area (Å²) in [5.74, 6) is 1.61. The second-order valence-corrected chi connectivity index (χ2v) is 11.2. The lowest BCUT2D eigenvalue weighted by Crippen LogP contribution is -2.70. The SMILES string of the molecule is NCCN1CCC23c4cc(O)ccc4CC1C21CCC2C3[C@@H](CN2C(=O)c2ccccc2)C1. The van der Waals surface area contributed by atoms with Crippen molar-refractivity contribution in [3.63, 3.8) is 0 Å². The van der Waals surface area contributed by atoms with Crippen LogP contribution in [0.5, 0.6) is 5.75 Å². The van der Waals surface area contributed by atoms with Gasteiger partial charge in [-0.05, 0) is 91.3 Å². The third-order valence-corrected chi connectivity index (χ3v) is 10.3. The molecular formula is C28H33N3O2. The smallest absolute Gasteiger partial charge is 0.254 e. The number of phenols is 1. The fraction of sp³-hybridized carbons (Fsp3) is 0.536. The van der Waals surface area contributed by atoms with Gasteiger partial charge in [-0.25, -0.2) is 0 Å².